The molecular weight excluding hydrogens is 303 g/mol. The summed E-state index contributed by atoms with van der Waals surface area (Å²) in [7, 11) is 1.67. The van der Waals surface area contributed by atoms with Crippen LogP contribution in [0.2, 0.25) is 0 Å². The molecule has 1 atom stereocenters. The average molecular weight is 322 g/mol. The monoisotopic (exact) mass is 321 g/mol. The number of hydrogen-bond donors (Lipinski definition) is 0. The number of ether oxygens (including phenoxy) is 1. The first-order chi connectivity index (χ1) is 9.91. The molecule has 0 bridgehead atoms. The smallest absolute Gasteiger partial charge is 0.376 e. The lowest BCUT2D eigenvalue weighted by Crippen LogP contribution is -2.34. The molecule has 1 saturated heterocycles. The lowest BCUT2D eigenvalue weighted by molar-refractivity contribution is -0.137. The molecule has 1 fully saturated rings. The van der Waals surface area contributed by atoms with Crippen molar-refractivity contribution < 1.29 is 17.9 Å². The highest BCUT2D eigenvalue weighted by Crippen LogP contribution is 2.37. The van der Waals surface area contributed by atoms with Crippen molar-refractivity contribution in [2.75, 3.05) is 25.1 Å². The third-order valence-electron chi connectivity index (χ3n) is 3.68. The van der Waals surface area contributed by atoms with E-state index >= 15 is 0 Å². The Morgan fingerprint density at radius 1 is 1.33 bits per heavy atom. The number of alkyl halides is 4. The molecule has 0 aliphatic carbocycles. The SMILES string of the molecule is CN(CC1CCCCO1)c1ccc(CCl)cc1C(F)(F)F. The van der Waals surface area contributed by atoms with Crippen LogP contribution in [0.3, 0.4) is 0 Å². The first-order valence-electron chi connectivity index (χ1n) is 7.00. The lowest BCUT2D eigenvalue weighted by Gasteiger charge is -2.30. The maximum absolute atomic E-state index is 13.2. The van der Waals surface area contributed by atoms with E-state index in [0.717, 1.165) is 25.3 Å². The third-order valence-corrected chi connectivity index (χ3v) is 3.99. The van der Waals surface area contributed by atoms with Gasteiger partial charge in [0.2, 0.25) is 0 Å². The zero-order valence-electron chi connectivity index (χ0n) is 11.9. The van der Waals surface area contributed by atoms with Crippen LogP contribution in [-0.2, 0) is 16.8 Å². The second-order valence-corrected chi connectivity index (χ2v) is 5.62. The van der Waals surface area contributed by atoms with Gasteiger partial charge in [0, 0.05) is 31.8 Å². The fourth-order valence-electron chi connectivity index (χ4n) is 2.58. The standard InChI is InChI=1S/C15H19ClF3NO/c1-20(10-12-4-2-3-7-21-12)14-6-5-11(9-16)8-13(14)15(17,18)19/h5-6,8,12H,2-4,7,9-10H2,1H3. The first kappa shape index (κ1) is 16.4. The number of rotatable bonds is 4. The van der Waals surface area contributed by atoms with Crippen LogP contribution in [0.15, 0.2) is 18.2 Å². The number of hydrogen-bond acceptors (Lipinski definition) is 2. The van der Waals surface area contributed by atoms with Crippen molar-refractivity contribution in [3.05, 3.63) is 29.3 Å². The minimum atomic E-state index is -4.39. The van der Waals surface area contributed by atoms with Crippen molar-refractivity contribution in [1.82, 2.24) is 0 Å². The minimum absolute atomic E-state index is 0.00228. The summed E-state index contributed by atoms with van der Waals surface area (Å²) in [6.45, 7) is 1.15. The summed E-state index contributed by atoms with van der Waals surface area (Å²) in [6, 6.07) is 4.25. The second kappa shape index (κ2) is 6.88. The molecule has 1 aromatic carbocycles. The van der Waals surface area contributed by atoms with E-state index in [9.17, 15) is 13.2 Å². The molecule has 0 saturated carbocycles. The topological polar surface area (TPSA) is 12.5 Å². The van der Waals surface area contributed by atoms with Crippen LogP contribution in [0.5, 0.6) is 0 Å². The molecule has 1 unspecified atom stereocenters. The van der Waals surface area contributed by atoms with Crippen LogP contribution < -0.4 is 4.90 Å². The Labute approximate surface area is 127 Å². The summed E-state index contributed by atoms with van der Waals surface area (Å²) in [5.41, 5.74) is -0.000410. The van der Waals surface area contributed by atoms with Crippen molar-refractivity contribution in [2.24, 2.45) is 0 Å². The number of halogens is 4. The van der Waals surface area contributed by atoms with Gasteiger partial charge in [-0.2, -0.15) is 13.2 Å². The van der Waals surface area contributed by atoms with E-state index in [2.05, 4.69) is 0 Å². The largest absolute Gasteiger partial charge is 0.418 e. The van der Waals surface area contributed by atoms with Gasteiger partial charge in [-0.1, -0.05) is 6.07 Å². The summed E-state index contributed by atoms with van der Waals surface area (Å²) in [5, 5.41) is 0. The predicted octanol–water partition coefficient (Wildman–Crippen LogP) is 4.45. The molecule has 118 valence electrons. The highest BCUT2D eigenvalue weighted by Gasteiger charge is 2.35. The quantitative estimate of drug-likeness (QED) is 0.760. The summed E-state index contributed by atoms with van der Waals surface area (Å²) in [4.78, 5) is 1.62. The van der Waals surface area contributed by atoms with E-state index in [4.69, 9.17) is 16.3 Å². The molecule has 0 radical (unpaired) electrons. The van der Waals surface area contributed by atoms with Crippen molar-refractivity contribution in [3.8, 4) is 0 Å². The minimum Gasteiger partial charge on any atom is -0.376 e. The molecule has 0 N–H and O–H groups in total. The van der Waals surface area contributed by atoms with Crippen molar-refractivity contribution >= 4 is 17.3 Å². The van der Waals surface area contributed by atoms with E-state index in [0.29, 0.717) is 18.7 Å². The Hall–Kier alpha value is -0.940. The van der Waals surface area contributed by atoms with Crippen molar-refractivity contribution in [3.63, 3.8) is 0 Å². The van der Waals surface area contributed by atoms with Crippen molar-refractivity contribution in [1.29, 1.82) is 0 Å². The number of likely N-dealkylation sites (N-methyl/N-ethyl adjacent to an activating group) is 1. The van der Waals surface area contributed by atoms with E-state index in [-0.39, 0.29) is 17.7 Å². The van der Waals surface area contributed by atoms with Gasteiger partial charge in [0.25, 0.3) is 0 Å². The van der Waals surface area contributed by atoms with Gasteiger partial charge in [0.05, 0.1) is 11.7 Å². The molecule has 0 amide bonds. The zero-order chi connectivity index (χ0) is 15.5. The first-order valence-corrected chi connectivity index (χ1v) is 7.54. The van der Waals surface area contributed by atoms with Gasteiger partial charge in [-0.05, 0) is 37.0 Å². The number of anilines is 1. The zero-order valence-corrected chi connectivity index (χ0v) is 12.7. The van der Waals surface area contributed by atoms with Gasteiger partial charge in [-0.25, -0.2) is 0 Å². The number of nitrogens with zero attached hydrogens (tertiary/aromatic N) is 1. The summed E-state index contributed by atoms with van der Waals surface area (Å²) in [5.74, 6) is 0.0683. The van der Waals surface area contributed by atoms with Gasteiger partial charge < -0.3 is 9.64 Å². The van der Waals surface area contributed by atoms with Crippen LogP contribution in [0.1, 0.15) is 30.4 Å². The molecule has 2 nitrogen and oxygen atoms in total. The predicted molar refractivity (Wildman–Crippen MR) is 77.9 cm³/mol. The lowest BCUT2D eigenvalue weighted by atomic mass is 10.1. The molecule has 1 heterocycles. The Morgan fingerprint density at radius 2 is 2.10 bits per heavy atom. The normalized spacial score (nSPS) is 19.6. The van der Waals surface area contributed by atoms with Crippen LogP contribution in [-0.4, -0.2) is 26.3 Å². The maximum atomic E-state index is 13.2. The van der Waals surface area contributed by atoms with Gasteiger partial charge >= 0.3 is 6.18 Å². The van der Waals surface area contributed by atoms with Crippen LogP contribution in [0.4, 0.5) is 18.9 Å². The van der Waals surface area contributed by atoms with Crippen LogP contribution in [0, 0.1) is 0 Å². The molecular formula is C15H19ClF3NO. The molecule has 1 aromatic rings. The van der Waals surface area contributed by atoms with Gasteiger partial charge in [-0.3, -0.25) is 0 Å². The van der Waals surface area contributed by atoms with Crippen LogP contribution >= 0.6 is 11.6 Å². The Balaban J connectivity index is 2.20. The molecule has 21 heavy (non-hydrogen) atoms. The molecule has 1 aliphatic heterocycles. The number of benzene rings is 1. The Morgan fingerprint density at radius 3 is 2.67 bits per heavy atom. The molecule has 1 aliphatic rings. The molecule has 0 aromatic heterocycles. The molecule has 2 rings (SSSR count). The Bertz CT molecular complexity index is 472. The van der Waals surface area contributed by atoms with E-state index < -0.39 is 11.7 Å². The summed E-state index contributed by atoms with van der Waals surface area (Å²) in [6.07, 6.45) is -1.41. The average Bonchev–Trinajstić information content (AvgIpc) is 2.46. The summed E-state index contributed by atoms with van der Waals surface area (Å²) >= 11 is 5.64. The van der Waals surface area contributed by atoms with E-state index in [1.54, 1.807) is 18.0 Å². The molecule has 0 spiro atoms. The van der Waals surface area contributed by atoms with Crippen LogP contribution in [0.25, 0.3) is 0 Å². The Kier molecular flexibility index (Phi) is 5.38. The van der Waals surface area contributed by atoms with Gasteiger partial charge in [0.15, 0.2) is 0 Å². The summed E-state index contributed by atoms with van der Waals surface area (Å²) < 4.78 is 45.2. The van der Waals surface area contributed by atoms with Gasteiger partial charge in [0.1, 0.15) is 0 Å². The fourth-order valence-corrected chi connectivity index (χ4v) is 2.75. The maximum Gasteiger partial charge on any atom is 0.418 e. The van der Waals surface area contributed by atoms with E-state index in [1.165, 1.54) is 6.07 Å². The highest BCUT2D eigenvalue weighted by molar-refractivity contribution is 6.17. The van der Waals surface area contributed by atoms with Gasteiger partial charge in [-0.15, -0.1) is 11.6 Å². The molecule has 6 heteroatoms. The van der Waals surface area contributed by atoms with Crippen molar-refractivity contribution in [2.45, 2.75) is 37.4 Å². The third kappa shape index (κ3) is 4.27. The highest BCUT2D eigenvalue weighted by atomic mass is 35.5. The fraction of sp³-hybridized carbons (Fsp3) is 0.600. The second-order valence-electron chi connectivity index (χ2n) is 5.35. The van der Waals surface area contributed by atoms with E-state index in [1.807, 2.05) is 0 Å².